The van der Waals surface area contributed by atoms with Gasteiger partial charge in [-0.3, -0.25) is 0 Å². The highest BCUT2D eigenvalue weighted by Gasteiger charge is 2.22. The topological polar surface area (TPSA) is 67.2 Å². The molecule has 1 heterocycles. The van der Waals surface area contributed by atoms with Crippen LogP contribution in [0.25, 0.3) is 22.6 Å². The Morgan fingerprint density at radius 2 is 1.68 bits per heavy atom. The molecule has 0 aliphatic heterocycles. The summed E-state index contributed by atoms with van der Waals surface area (Å²) in [5, 5.41) is 12.9. The van der Waals surface area contributed by atoms with Crippen molar-refractivity contribution >= 4 is 5.97 Å². The van der Waals surface area contributed by atoms with Gasteiger partial charge in [0.05, 0.1) is 11.3 Å². The summed E-state index contributed by atoms with van der Waals surface area (Å²) in [6.07, 6.45) is 4.04. The molecule has 1 aromatic heterocycles. The fourth-order valence-electron chi connectivity index (χ4n) is 4.84. The third-order valence-corrected chi connectivity index (χ3v) is 7.25. The van der Waals surface area contributed by atoms with E-state index >= 15 is 0 Å². The molecule has 0 bridgehead atoms. The van der Waals surface area contributed by atoms with Crippen LogP contribution < -0.4 is 5.32 Å². The summed E-state index contributed by atoms with van der Waals surface area (Å²) in [7, 11) is 0. The highest BCUT2D eigenvalue weighted by atomic mass is 16.4. The molecule has 5 nitrogen and oxygen atoms in total. The lowest BCUT2D eigenvalue weighted by Gasteiger charge is -2.20. The first-order valence-electron chi connectivity index (χ1n) is 13.7. The van der Waals surface area contributed by atoms with Gasteiger partial charge >= 0.3 is 5.97 Å². The number of aromatic nitrogens is 2. The first-order chi connectivity index (χ1) is 18.4. The summed E-state index contributed by atoms with van der Waals surface area (Å²) in [5.41, 5.74) is 8.51. The van der Waals surface area contributed by atoms with Crippen molar-refractivity contribution in [2.24, 2.45) is 0 Å². The molecule has 0 radical (unpaired) electrons. The number of rotatable bonds is 12. The zero-order chi connectivity index (χ0) is 27.1. The van der Waals surface area contributed by atoms with Crippen molar-refractivity contribution in [2.75, 3.05) is 0 Å². The van der Waals surface area contributed by atoms with Gasteiger partial charge < -0.3 is 15.0 Å². The second kappa shape index (κ2) is 12.7. The lowest BCUT2D eigenvalue weighted by atomic mass is 10.0. The van der Waals surface area contributed by atoms with Gasteiger partial charge in [-0.25, -0.2) is 9.78 Å². The van der Waals surface area contributed by atoms with E-state index in [-0.39, 0.29) is 6.04 Å². The minimum Gasteiger partial charge on any atom is -0.478 e. The molecule has 0 aliphatic carbocycles. The van der Waals surface area contributed by atoms with E-state index in [0.717, 1.165) is 54.9 Å². The average Bonchev–Trinajstić information content (AvgIpc) is 3.28. The fraction of sp³-hybridized carbons (Fsp3) is 0.333. The maximum absolute atomic E-state index is 11.2. The molecule has 0 saturated heterocycles. The molecule has 0 amide bonds. The van der Waals surface area contributed by atoms with E-state index in [1.165, 1.54) is 22.4 Å². The van der Waals surface area contributed by atoms with Crippen molar-refractivity contribution in [1.29, 1.82) is 0 Å². The summed E-state index contributed by atoms with van der Waals surface area (Å²) in [5.74, 6) is 0.144. The fourth-order valence-corrected chi connectivity index (χ4v) is 4.84. The van der Waals surface area contributed by atoms with E-state index in [1.807, 2.05) is 12.1 Å². The molecule has 0 saturated carbocycles. The second-order valence-corrected chi connectivity index (χ2v) is 10.1. The Balaban J connectivity index is 1.71. The maximum Gasteiger partial charge on any atom is 0.335 e. The number of unbranched alkanes of at least 4 members (excludes halogenated alkanes) is 1. The van der Waals surface area contributed by atoms with Crippen LogP contribution in [0.4, 0.5) is 0 Å². The normalized spacial score (nSPS) is 12.0. The largest absolute Gasteiger partial charge is 0.478 e. The second-order valence-electron chi connectivity index (χ2n) is 10.1. The summed E-state index contributed by atoms with van der Waals surface area (Å²) in [6.45, 7) is 10.3. The molecule has 0 spiro atoms. The van der Waals surface area contributed by atoms with Gasteiger partial charge in [0.25, 0.3) is 0 Å². The summed E-state index contributed by atoms with van der Waals surface area (Å²) >= 11 is 0. The first-order valence-corrected chi connectivity index (χ1v) is 13.7. The third kappa shape index (κ3) is 6.40. The molecule has 38 heavy (non-hydrogen) atoms. The monoisotopic (exact) mass is 509 g/mol. The van der Waals surface area contributed by atoms with Crippen LogP contribution in [0, 0.1) is 13.8 Å². The molecule has 1 unspecified atom stereocenters. The van der Waals surface area contributed by atoms with Gasteiger partial charge in [0.2, 0.25) is 0 Å². The number of carbonyl (C=O) groups is 1. The zero-order valence-electron chi connectivity index (χ0n) is 23.0. The number of benzene rings is 3. The Hall–Kier alpha value is -3.70. The van der Waals surface area contributed by atoms with E-state index < -0.39 is 5.97 Å². The standard InChI is InChI=1S/C33H39N3O2/c1-5-7-20-36-30(21-28(6-2)34-22-25-14-18-27(19-15-25)33(37)38)31(26-16-12-23(3)13-17-26)35-32(36)29-11-9-8-10-24(29)4/h8-19,28,34H,5-7,20-22H2,1-4H3,(H,37,38). The van der Waals surface area contributed by atoms with Gasteiger partial charge in [-0.15, -0.1) is 0 Å². The molecule has 4 aromatic rings. The van der Waals surface area contributed by atoms with Crippen molar-refractivity contribution in [1.82, 2.24) is 14.9 Å². The Bertz CT molecular complexity index is 1350. The van der Waals surface area contributed by atoms with Gasteiger partial charge in [-0.2, -0.15) is 0 Å². The van der Waals surface area contributed by atoms with Crippen LogP contribution in [0.15, 0.2) is 72.8 Å². The molecule has 2 N–H and O–H groups in total. The van der Waals surface area contributed by atoms with Gasteiger partial charge in [0.1, 0.15) is 5.82 Å². The number of nitrogens with zero attached hydrogens (tertiary/aromatic N) is 2. The molecule has 1 atom stereocenters. The van der Waals surface area contributed by atoms with Crippen molar-refractivity contribution in [2.45, 2.75) is 72.5 Å². The van der Waals surface area contributed by atoms with Crippen LogP contribution in [0.5, 0.6) is 0 Å². The lowest BCUT2D eigenvalue weighted by Crippen LogP contribution is -2.31. The zero-order valence-corrected chi connectivity index (χ0v) is 23.0. The molecule has 3 aromatic carbocycles. The van der Waals surface area contributed by atoms with Crippen molar-refractivity contribution in [3.05, 3.63) is 101 Å². The quantitative estimate of drug-likeness (QED) is 0.208. The van der Waals surface area contributed by atoms with Crippen molar-refractivity contribution < 1.29 is 9.90 Å². The van der Waals surface area contributed by atoms with Crippen LogP contribution in [-0.2, 0) is 19.5 Å². The van der Waals surface area contributed by atoms with Crippen LogP contribution >= 0.6 is 0 Å². The Morgan fingerprint density at radius 3 is 2.32 bits per heavy atom. The number of carboxylic acid groups (broad SMARTS) is 1. The van der Waals surface area contributed by atoms with E-state index in [2.05, 4.69) is 86.1 Å². The number of aryl methyl sites for hydroxylation is 2. The first kappa shape index (κ1) is 27.3. The SMILES string of the molecule is CCCCn1c(-c2ccccc2C)nc(-c2ccc(C)cc2)c1CC(CC)NCc1ccc(C(=O)O)cc1. The number of hydrogen-bond donors (Lipinski definition) is 2. The maximum atomic E-state index is 11.2. The number of hydrogen-bond acceptors (Lipinski definition) is 3. The minimum atomic E-state index is -0.899. The van der Waals surface area contributed by atoms with E-state index in [9.17, 15) is 9.90 Å². The van der Waals surface area contributed by atoms with Gasteiger partial charge in [0.15, 0.2) is 0 Å². The summed E-state index contributed by atoms with van der Waals surface area (Å²) < 4.78 is 2.45. The number of aromatic carboxylic acids is 1. The lowest BCUT2D eigenvalue weighted by molar-refractivity contribution is 0.0697. The number of carboxylic acids is 1. The molecule has 5 heteroatoms. The smallest absolute Gasteiger partial charge is 0.335 e. The van der Waals surface area contributed by atoms with Gasteiger partial charge in [-0.05, 0) is 49.9 Å². The molecule has 4 rings (SSSR count). The van der Waals surface area contributed by atoms with Crippen LogP contribution in [0.3, 0.4) is 0 Å². The van der Waals surface area contributed by atoms with Crippen LogP contribution in [0.1, 0.15) is 65.9 Å². The van der Waals surface area contributed by atoms with Crippen LogP contribution in [-0.4, -0.2) is 26.7 Å². The molecule has 0 aliphatic rings. The molecular formula is C33H39N3O2. The highest BCUT2D eigenvalue weighted by molar-refractivity contribution is 5.87. The van der Waals surface area contributed by atoms with E-state index in [0.29, 0.717) is 12.1 Å². The van der Waals surface area contributed by atoms with Crippen LogP contribution in [0.2, 0.25) is 0 Å². The van der Waals surface area contributed by atoms with E-state index in [4.69, 9.17) is 4.98 Å². The van der Waals surface area contributed by atoms with Gasteiger partial charge in [0, 0.05) is 42.4 Å². The van der Waals surface area contributed by atoms with E-state index in [1.54, 1.807) is 12.1 Å². The third-order valence-electron chi connectivity index (χ3n) is 7.25. The van der Waals surface area contributed by atoms with Crippen molar-refractivity contribution in [3.8, 4) is 22.6 Å². The summed E-state index contributed by atoms with van der Waals surface area (Å²) in [4.78, 5) is 16.5. The predicted octanol–water partition coefficient (Wildman–Crippen LogP) is 7.44. The average molecular weight is 510 g/mol. The Labute approximate surface area is 226 Å². The van der Waals surface area contributed by atoms with Crippen molar-refractivity contribution in [3.63, 3.8) is 0 Å². The predicted molar refractivity (Wildman–Crippen MR) is 156 cm³/mol. The summed E-state index contributed by atoms with van der Waals surface area (Å²) in [6, 6.07) is 24.6. The number of imidazole rings is 1. The Kier molecular flexibility index (Phi) is 9.14. The minimum absolute atomic E-state index is 0.250. The molecule has 0 fully saturated rings. The number of nitrogens with one attached hydrogen (secondary N) is 1. The molecular weight excluding hydrogens is 470 g/mol. The highest BCUT2D eigenvalue weighted by Crippen LogP contribution is 2.32. The Morgan fingerprint density at radius 1 is 0.974 bits per heavy atom. The van der Waals surface area contributed by atoms with Gasteiger partial charge in [-0.1, -0.05) is 86.5 Å². The molecule has 198 valence electrons.